The van der Waals surface area contributed by atoms with Crippen LogP contribution in [0.15, 0.2) is 52.9 Å². The predicted molar refractivity (Wildman–Crippen MR) is 79.1 cm³/mol. The molecule has 0 aliphatic carbocycles. The Morgan fingerprint density at radius 2 is 1.91 bits per heavy atom. The number of benzene rings is 2. The lowest BCUT2D eigenvalue weighted by atomic mass is 10.2. The molecular formula is C15H9ClFN3O2. The smallest absolute Gasteiger partial charge is 0.322 e. The second-order valence-corrected chi connectivity index (χ2v) is 4.82. The molecule has 1 amide bonds. The molecule has 22 heavy (non-hydrogen) atoms. The van der Waals surface area contributed by atoms with Crippen molar-refractivity contribution in [3.63, 3.8) is 0 Å². The summed E-state index contributed by atoms with van der Waals surface area (Å²) in [7, 11) is 0. The standard InChI is InChI=1S/C15H9ClFN3O2/c16-11-6-4-9(5-7-11)13(21)18-15-20-19-14(22-15)10-2-1-3-12(17)8-10/h1-8H,(H,18,20,21). The number of hydrogen-bond donors (Lipinski definition) is 1. The second kappa shape index (κ2) is 5.95. The highest BCUT2D eigenvalue weighted by Gasteiger charge is 2.13. The molecule has 3 rings (SSSR count). The van der Waals surface area contributed by atoms with Crippen LogP contribution < -0.4 is 5.32 Å². The van der Waals surface area contributed by atoms with Gasteiger partial charge in [0.25, 0.3) is 5.91 Å². The van der Waals surface area contributed by atoms with Gasteiger partial charge in [0.1, 0.15) is 5.82 Å². The predicted octanol–water partition coefficient (Wildman–Crippen LogP) is 3.78. The van der Waals surface area contributed by atoms with E-state index in [0.717, 1.165) is 0 Å². The van der Waals surface area contributed by atoms with Crippen molar-refractivity contribution < 1.29 is 13.6 Å². The molecule has 0 saturated carbocycles. The first kappa shape index (κ1) is 14.2. The Bertz CT molecular complexity index is 818. The normalized spacial score (nSPS) is 10.5. The summed E-state index contributed by atoms with van der Waals surface area (Å²) >= 11 is 5.76. The number of amides is 1. The van der Waals surface area contributed by atoms with Gasteiger partial charge in [0.05, 0.1) is 0 Å². The van der Waals surface area contributed by atoms with Crippen molar-refractivity contribution in [3.05, 3.63) is 64.9 Å². The zero-order valence-corrected chi connectivity index (χ0v) is 11.8. The minimum atomic E-state index is -0.414. The van der Waals surface area contributed by atoms with Crippen molar-refractivity contribution in [1.82, 2.24) is 10.2 Å². The highest BCUT2D eigenvalue weighted by Crippen LogP contribution is 2.20. The molecule has 1 heterocycles. The van der Waals surface area contributed by atoms with Crippen molar-refractivity contribution in [3.8, 4) is 11.5 Å². The van der Waals surface area contributed by atoms with E-state index in [1.54, 1.807) is 30.3 Å². The molecule has 0 aliphatic heterocycles. The fraction of sp³-hybridized carbons (Fsp3) is 0. The van der Waals surface area contributed by atoms with Gasteiger partial charge in [-0.15, -0.1) is 5.10 Å². The van der Waals surface area contributed by atoms with Crippen LogP contribution in [0.5, 0.6) is 0 Å². The van der Waals surface area contributed by atoms with Crippen molar-refractivity contribution in [2.45, 2.75) is 0 Å². The van der Waals surface area contributed by atoms with Crippen LogP contribution in [0.3, 0.4) is 0 Å². The number of halogens is 2. The molecule has 0 radical (unpaired) electrons. The number of hydrogen-bond acceptors (Lipinski definition) is 4. The minimum Gasteiger partial charge on any atom is -0.403 e. The molecule has 7 heteroatoms. The largest absolute Gasteiger partial charge is 0.403 e. The molecule has 1 N–H and O–H groups in total. The van der Waals surface area contributed by atoms with Crippen LogP contribution in [-0.4, -0.2) is 16.1 Å². The van der Waals surface area contributed by atoms with Crippen LogP contribution in [0.1, 0.15) is 10.4 Å². The molecule has 0 unspecified atom stereocenters. The summed E-state index contributed by atoms with van der Waals surface area (Å²) in [6, 6.07) is 12.0. The lowest BCUT2D eigenvalue weighted by Gasteiger charge is -2.00. The average Bonchev–Trinajstić information content (AvgIpc) is 2.96. The highest BCUT2D eigenvalue weighted by atomic mass is 35.5. The molecule has 0 spiro atoms. The lowest BCUT2D eigenvalue weighted by molar-refractivity contribution is 0.102. The Kier molecular flexibility index (Phi) is 3.84. The summed E-state index contributed by atoms with van der Waals surface area (Å²) in [4.78, 5) is 12.0. The molecule has 0 atom stereocenters. The number of anilines is 1. The number of carbonyl (C=O) groups excluding carboxylic acids is 1. The SMILES string of the molecule is O=C(Nc1nnc(-c2cccc(F)c2)o1)c1ccc(Cl)cc1. The number of carbonyl (C=O) groups is 1. The van der Waals surface area contributed by atoms with E-state index in [0.29, 0.717) is 16.1 Å². The zero-order chi connectivity index (χ0) is 15.5. The third-order valence-corrected chi connectivity index (χ3v) is 3.08. The van der Waals surface area contributed by atoms with Crippen molar-refractivity contribution >= 4 is 23.5 Å². The van der Waals surface area contributed by atoms with Crippen molar-refractivity contribution in [2.24, 2.45) is 0 Å². The molecule has 3 aromatic rings. The Morgan fingerprint density at radius 1 is 1.14 bits per heavy atom. The first-order chi connectivity index (χ1) is 10.6. The van der Waals surface area contributed by atoms with Gasteiger partial charge in [-0.25, -0.2) is 4.39 Å². The molecule has 2 aromatic carbocycles. The van der Waals surface area contributed by atoms with Crippen molar-refractivity contribution in [1.29, 1.82) is 0 Å². The van der Waals surface area contributed by atoms with Gasteiger partial charge in [0, 0.05) is 16.1 Å². The number of aromatic nitrogens is 2. The van der Waals surface area contributed by atoms with Gasteiger partial charge in [0.2, 0.25) is 5.89 Å². The van der Waals surface area contributed by atoms with Crippen LogP contribution in [0.25, 0.3) is 11.5 Å². The van der Waals surface area contributed by atoms with Crippen LogP contribution in [-0.2, 0) is 0 Å². The average molecular weight is 318 g/mol. The zero-order valence-electron chi connectivity index (χ0n) is 11.1. The third-order valence-electron chi connectivity index (χ3n) is 2.82. The second-order valence-electron chi connectivity index (χ2n) is 4.38. The van der Waals surface area contributed by atoms with Gasteiger partial charge < -0.3 is 4.42 Å². The van der Waals surface area contributed by atoms with E-state index < -0.39 is 11.7 Å². The van der Waals surface area contributed by atoms with Gasteiger partial charge in [-0.1, -0.05) is 22.8 Å². The molecule has 5 nitrogen and oxygen atoms in total. The number of nitrogens with zero attached hydrogens (tertiary/aromatic N) is 2. The summed E-state index contributed by atoms with van der Waals surface area (Å²) in [5, 5.41) is 10.5. The Balaban J connectivity index is 1.77. The van der Waals surface area contributed by atoms with Crippen molar-refractivity contribution in [2.75, 3.05) is 5.32 Å². The topological polar surface area (TPSA) is 68.0 Å². The summed E-state index contributed by atoms with van der Waals surface area (Å²) < 4.78 is 18.4. The van der Waals surface area contributed by atoms with Crippen LogP contribution in [0, 0.1) is 5.82 Å². The van der Waals surface area contributed by atoms with E-state index in [4.69, 9.17) is 16.0 Å². The summed E-state index contributed by atoms with van der Waals surface area (Å²) in [5.74, 6) is -0.709. The quantitative estimate of drug-likeness (QED) is 0.798. The Morgan fingerprint density at radius 3 is 2.64 bits per heavy atom. The fourth-order valence-corrected chi connectivity index (χ4v) is 1.91. The monoisotopic (exact) mass is 317 g/mol. The molecule has 0 aliphatic rings. The van der Waals surface area contributed by atoms with Crippen LogP contribution >= 0.6 is 11.6 Å². The summed E-state index contributed by atoms with van der Waals surface area (Å²) in [6.45, 7) is 0. The van der Waals surface area contributed by atoms with E-state index in [1.807, 2.05) is 0 Å². The maximum atomic E-state index is 13.2. The lowest BCUT2D eigenvalue weighted by Crippen LogP contribution is -2.11. The first-order valence-corrected chi connectivity index (χ1v) is 6.66. The number of nitrogens with one attached hydrogen (secondary N) is 1. The third kappa shape index (κ3) is 3.12. The van der Waals surface area contributed by atoms with Gasteiger partial charge >= 0.3 is 6.01 Å². The molecule has 110 valence electrons. The fourth-order valence-electron chi connectivity index (χ4n) is 1.78. The van der Waals surface area contributed by atoms with E-state index in [1.165, 1.54) is 18.2 Å². The Hall–Kier alpha value is -2.73. The van der Waals surface area contributed by atoms with Gasteiger partial charge in [-0.05, 0) is 42.5 Å². The van der Waals surface area contributed by atoms with Gasteiger partial charge in [-0.3, -0.25) is 10.1 Å². The molecule has 1 aromatic heterocycles. The maximum Gasteiger partial charge on any atom is 0.322 e. The Labute approximate surface area is 129 Å². The van der Waals surface area contributed by atoms with E-state index in [-0.39, 0.29) is 11.9 Å². The van der Waals surface area contributed by atoms with E-state index in [2.05, 4.69) is 15.5 Å². The minimum absolute atomic E-state index is 0.0702. The molecular weight excluding hydrogens is 309 g/mol. The molecule has 0 bridgehead atoms. The molecule has 0 saturated heterocycles. The van der Waals surface area contributed by atoms with E-state index in [9.17, 15) is 9.18 Å². The maximum absolute atomic E-state index is 13.2. The molecule has 0 fully saturated rings. The summed E-state index contributed by atoms with van der Waals surface area (Å²) in [6.07, 6.45) is 0. The van der Waals surface area contributed by atoms with Crippen LogP contribution in [0.2, 0.25) is 5.02 Å². The summed E-state index contributed by atoms with van der Waals surface area (Å²) in [5.41, 5.74) is 0.828. The highest BCUT2D eigenvalue weighted by molar-refractivity contribution is 6.30. The first-order valence-electron chi connectivity index (χ1n) is 6.28. The van der Waals surface area contributed by atoms with Crippen LogP contribution in [0.4, 0.5) is 10.4 Å². The van der Waals surface area contributed by atoms with E-state index >= 15 is 0 Å². The number of rotatable bonds is 3. The van der Waals surface area contributed by atoms with Gasteiger partial charge in [-0.2, -0.15) is 0 Å². The van der Waals surface area contributed by atoms with Gasteiger partial charge in [0.15, 0.2) is 0 Å².